The normalized spacial score (nSPS) is 15.5. The van der Waals surface area contributed by atoms with Crippen LogP contribution in [0.5, 0.6) is 11.5 Å². The van der Waals surface area contributed by atoms with Crippen molar-refractivity contribution in [3.05, 3.63) is 59.2 Å². The molecule has 0 saturated heterocycles. The summed E-state index contributed by atoms with van der Waals surface area (Å²) in [6, 6.07) is 12.9. The molecule has 3 nitrogen and oxygen atoms in total. The third kappa shape index (κ3) is 2.73. The standard InChI is InChI=1S/C17H16O3.Na/c1-10(2)11-7-5-9-14-15(11)16(17(18)19)12-6-3-4-8-13(12)20-14;/h3-10,16H,1-2H3,(H,18,19);/q;+1/p-1. The van der Waals surface area contributed by atoms with Crippen LogP contribution >= 0.6 is 0 Å². The van der Waals surface area contributed by atoms with Crippen molar-refractivity contribution in [2.24, 2.45) is 0 Å². The number of rotatable bonds is 2. The number of carboxylic acids is 1. The van der Waals surface area contributed by atoms with E-state index in [1.165, 1.54) is 0 Å². The number of para-hydroxylation sites is 1. The number of benzene rings is 2. The van der Waals surface area contributed by atoms with Crippen LogP contribution in [0.1, 0.15) is 42.4 Å². The number of fused-ring (bicyclic) bond motifs is 2. The molecule has 0 fully saturated rings. The van der Waals surface area contributed by atoms with Crippen molar-refractivity contribution in [1.29, 1.82) is 0 Å². The molecule has 1 atom stereocenters. The van der Waals surface area contributed by atoms with Crippen LogP contribution in [-0.4, -0.2) is 5.97 Å². The summed E-state index contributed by atoms with van der Waals surface area (Å²) in [5.41, 5.74) is 2.38. The fraction of sp³-hybridized carbons (Fsp3) is 0.235. The Balaban J connectivity index is 0.00000161. The Labute approximate surface area is 146 Å². The van der Waals surface area contributed by atoms with E-state index in [1.54, 1.807) is 12.1 Å². The maximum absolute atomic E-state index is 11.7. The van der Waals surface area contributed by atoms with Crippen molar-refractivity contribution in [2.45, 2.75) is 25.7 Å². The Hall–Kier alpha value is -1.29. The molecule has 102 valence electrons. The Kier molecular flexibility index (Phi) is 4.77. The van der Waals surface area contributed by atoms with Gasteiger partial charge in [-0.25, -0.2) is 0 Å². The molecule has 0 aliphatic carbocycles. The van der Waals surface area contributed by atoms with E-state index in [1.807, 2.05) is 44.2 Å². The van der Waals surface area contributed by atoms with Gasteiger partial charge in [0.15, 0.2) is 0 Å². The minimum absolute atomic E-state index is 0. The molecule has 0 aromatic heterocycles. The van der Waals surface area contributed by atoms with E-state index in [2.05, 4.69) is 0 Å². The minimum atomic E-state index is -1.09. The molecule has 3 rings (SSSR count). The van der Waals surface area contributed by atoms with Crippen molar-refractivity contribution >= 4 is 5.97 Å². The Morgan fingerprint density at radius 1 is 1.10 bits per heavy atom. The zero-order chi connectivity index (χ0) is 14.3. The fourth-order valence-corrected chi connectivity index (χ4v) is 2.79. The number of hydrogen-bond donors (Lipinski definition) is 0. The van der Waals surface area contributed by atoms with Crippen LogP contribution in [-0.2, 0) is 4.79 Å². The van der Waals surface area contributed by atoms with Crippen molar-refractivity contribution in [1.82, 2.24) is 0 Å². The van der Waals surface area contributed by atoms with Crippen LogP contribution in [0.4, 0.5) is 0 Å². The van der Waals surface area contributed by atoms with Crippen molar-refractivity contribution in [2.75, 3.05) is 0 Å². The van der Waals surface area contributed by atoms with Crippen molar-refractivity contribution < 1.29 is 44.2 Å². The topological polar surface area (TPSA) is 49.4 Å². The zero-order valence-electron chi connectivity index (χ0n) is 12.4. The first-order valence-corrected chi connectivity index (χ1v) is 6.70. The van der Waals surface area contributed by atoms with Gasteiger partial charge in [-0.2, -0.15) is 0 Å². The monoisotopic (exact) mass is 290 g/mol. The van der Waals surface area contributed by atoms with Gasteiger partial charge in [0.25, 0.3) is 0 Å². The van der Waals surface area contributed by atoms with Crippen LogP contribution in [0.2, 0.25) is 0 Å². The molecule has 0 bridgehead atoms. The minimum Gasteiger partial charge on any atom is -0.549 e. The molecule has 0 spiro atoms. The first-order valence-electron chi connectivity index (χ1n) is 6.70. The number of ether oxygens (including phenoxy) is 1. The number of carboxylic acid groups (broad SMARTS) is 1. The zero-order valence-corrected chi connectivity index (χ0v) is 14.4. The van der Waals surface area contributed by atoms with Gasteiger partial charge in [-0.3, -0.25) is 0 Å². The number of carbonyl (C=O) groups is 1. The van der Waals surface area contributed by atoms with E-state index >= 15 is 0 Å². The second kappa shape index (κ2) is 6.22. The van der Waals surface area contributed by atoms with E-state index in [9.17, 15) is 9.90 Å². The molecule has 2 aromatic carbocycles. The van der Waals surface area contributed by atoms with Gasteiger partial charge >= 0.3 is 29.6 Å². The average molecular weight is 290 g/mol. The number of carbonyl (C=O) groups excluding carboxylic acids is 1. The smallest absolute Gasteiger partial charge is 0.549 e. The summed E-state index contributed by atoms with van der Waals surface area (Å²) in [7, 11) is 0. The van der Waals surface area contributed by atoms with Crippen LogP contribution < -0.4 is 39.4 Å². The van der Waals surface area contributed by atoms with Gasteiger partial charge in [0.05, 0.1) is 11.9 Å². The maximum atomic E-state index is 11.7. The summed E-state index contributed by atoms with van der Waals surface area (Å²) >= 11 is 0. The van der Waals surface area contributed by atoms with E-state index < -0.39 is 11.9 Å². The van der Waals surface area contributed by atoms with E-state index in [4.69, 9.17) is 4.74 Å². The molecule has 21 heavy (non-hydrogen) atoms. The largest absolute Gasteiger partial charge is 1.00 e. The van der Waals surface area contributed by atoms with Gasteiger partial charge < -0.3 is 14.6 Å². The molecule has 1 aliphatic rings. The quantitative estimate of drug-likeness (QED) is 0.720. The molecule has 1 unspecified atom stereocenters. The predicted octanol–water partition coefficient (Wildman–Crippen LogP) is -0.198. The first kappa shape index (κ1) is 16.1. The summed E-state index contributed by atoms with van der Waals surface area (Å²) in [6.07, 6.45) is 0. The summed E-state index contributed by atoms with van der Waals surface area (Å²) in [5, 5.41) is 11.7. The van der Waals surface area contributed by atoms with Crippen LogP contribution in [0.25, 0.3) is 0 Å². The Morgan fingerprint density at radius 3 is 2.43 bits per heavy atom. The molecule has 2 aromatic rings. The Morgan fingerprint density at radius 2 is 1.76 bits per heavy atom. The number of hydrogen-bond acceptors (Lipinski definition) is 3. The Bertz CT molecular complexity index is 679. The van der Waals surface area contributed by atoms with Crippen molar-refractivity contribution in [3.8, 4) is 11.5 Å². The van der Waals surface area contributed by atoms with Crippen molar-refractivity contribution in [3.63, 3.8) is 0 Å². The SMILES string of the molecule is CC(C)c1cccc2c1C(C(=O)[O-])c1ccccc1O2.[Na+]. The third-order valence-corrected chi connectivity index (χ3v) is 3.70. The van der Waals surface area contributed by atoms with Gasteiger partial charge in [0, 0.05) is 11.1 Å². The van der Waals surface area contributed by atoms with Crippen LogP contribution in [0, 0.1) is 0 Å². The third-order valence-electron chi connectivity index (χ3n) is 3.70. The summed E-state index contributed by atoms with van der Waals surface area (Å²) < 4.78 is 5.86. The van der Waals surface area contributed by atoms with E-state index in [0.717, 1.165) is 11.1 Å². The molecule has 0 N–H and O–H groups in total. The molecular weight excluding hydrogens is 275 g/mol. The summed E-state index contributed by atoms with van der Waals surface area (Å²) in [6.45, 7) is 4.09. The first-order chi connectivity index (χ1) is 9.59. The maximum Gasteiger partial charge on any atom is 1.00 e. The van der Waals surface area contributed by atoms with Gasteiger partial charge in [0.2, 0.25) is 0 Å². The van der Waals surface area contributed by atoms with Crippen LogP contribution in [0.15, 0.2) is 42.5 Å². The van der Waals surface area contributed by atoms with Crippen LogP contribution in [0.3, 0.4) is 0 Å². The van der Waals surface area contributed by atoms with Gasteiger partial charge in [-0.05, 0) is 23.6 Å². The molecule has 0 radical (unpaired) electrons. The summed E-state index contributed by atoms with van der Waals surface area (Å²) in [5.74, 6) is -0.427. The molecule has 0 amide bonds. The average Bonchev–Trinajstić information content (AvgIpc) is 2.43. The molecule has 0 saturated carbocycles. The molecule has 4 heteroatoms. The second-order valence-electron chi connectivity index (χ2n) is 5.31. The molecular formula is C17H15NaO3. The summed E-state index contributed by atoms with van der Waals surface area (Å²) in [4.78, 5) is 11.7. The second-order valence-corrected chi connectivity index (χ2v) is 5.31. The molecule has 1 heterocycles. The predicted molar refractivity (Wildman–Crippen MR) is 73.9 cm³/mol. The van der Waals surface area contributed by atoms with Gasteiger partial charge in [-0.15, -0.1) is 0 Å². The fourth-order valence-electron chi connectivity index (χ4n) is 2.79. The number of aliphatic carboxylic acids is 1. The van der Waals surface area contributed by atoms with E-state index in [-0.39, 0.29) is 35.5 Å². The van der Waals surface area contributed by atoms with Gasteiger partial charge in [0.1, 0.15) is 11.5 Å². The van der Waals surface area contributed by atoms with Gasteiger partial charge in [-0.1, -0.05) is 44.2 Å². The molecule has 1 aliphatic heterocycles. The van der Waals surface area contributed by atoms with E-state index in [0.29, 0.717) is 17.1 Å².